The second-order valence-corrected chi connectivity index (χ2v) is 10.0. The van der Waals surface area contributed by atoms with E-state index in [0.29, 0.717) is 50.0 Å². The van der Waals surface area contributed by atoms with Crippen molar-refractivity contribution in [3.63, 3.8) is 0 Å². The highest BCUT2D eigenvalue weighted by atomic mass is 19.3. The summed E-state index contributed by atoms with van der Waals surface area (Å²) in [5, 5.41) is 13.7. The molecular weight excluding hydrogens is 488 g/mol. The van der Waals surface area contributed by atoms with Crippen LogP contribution in [-0.4, -0.2) is 58.1 Å². The van der Waals surface area contributed by atoms with Gasteiger partial charge < -0.3 is 19.5 Å². The number of carbonyl (C=O) groups is 3. The van der Waals surface area contributed by atoms with E-state index >= 15 is 0 Å². The van der Waals surface area contributed by atoms with Gasteiger partial charge in [-0.25, -0.2) is 0 Å². The molecule has 0 saturated carbocycles. The number of piperidine rings is 2. The molecule has 0 aromatic heterocycles. The predicted molar refractivity (Wildman–Crippen MR) is 124 cm³/mol. The maximum atomic E-state index is 13.3. The van der Waals surface area contributed by atoms with Crippen molar-refractivity contribution in [3.8, 4) is 11.5 Å². The van der Waals surface area contributed by atoms with Crippen molar-refractivity contribution in [1.29, 1.82) is 0 Å². The van der Waals surface area contributed by atoms with Crippen LogP contribution in [0.4, 0.5) is 8.78 Å². The molecular formula is C26H25F2N3O6. The summed E-state index contributed by atoms with van der Waals surface area (Å²) >= 11 is 0. The van der Waals surface area contributed by atoms with Crippen LogP contribution in [0, 0.1) is 0 Å². The summed E-state index contributed by atoms with van der Waals surface area (Å²) in [6.45, 7) is 1.93. The Morgan fingerprint density at radius 3 is 2.54 bits per heavy atom. The molecule has 9 nitrogen and oxygen atoms in total. The molecule has 4 aliphatic rings. The van der Waals surface area contributed by atoms with E-state index in [9.17, 15) is 28.3 Å². The molecule has 6 rings (SSSR count). The molecule has 2 aromatic carbocycles. The third kappa shape index (κ3) is 4.31. The first-order valence-electron chi connectivity index (χ1n) is 12.2. The first kappa shape index (κ1) is 23.8. The first-order chi connectivity index (χ1) is 17.6. The van der Waals surface area contributed by atoms with Crippen LogP contribution >= 0.6 is 0 Å². The highest BCUT2D eigenvalue weighted by molar-refractivity contribution is 6.05. The number of carbonyl (C=O) groups excluding carboxylic acids is 3. The van der Waals surface area contributed by atoms with Gasteiger partial charge in [-0.3, -0.25) is 24.6 Å². The molecule has 3 amide bonds. The normalized spacial score (nSPS) is 24.2. The number of aliphatic hydroxyl groups is 1. The van der Waals surface area contributed by atoms with Gasteiger partial charge in [0, 0.05) is 38.2 Å². The largest absolute Gasteiger partial charge is 0.586 e. The number of hydrogen-bond acceptors (Lipinski definition) is 7. The van der Waals surface area contributed by atoms with Gasteiger partial charge in [-0.15, -0.1) is 8.78 Å². The van der Waals surface area contributed by atoms with E-state index in [4.69, 9.17) is 0 Å². The van der Waals surface area contributed by atoms with E-state index in [2.05, 4.69) is 19.7 Å². The van der Waals surface area contributed by atoms with Crippen LogP contribution < -0.4 is 14.8 Å². The minimum atomic E-state index is -3.65. The number of imide groups is 1. The molecule has 4 aliphatic heterocycles. The SMILES string of the molecule is O=C1CCC(N2Cc3cc(C4(O)CCN(Cc5ccc6c(c5)OC(F)(F)O6)CC4)ccc3C2=O)C(=O)N1. The number of ether oxygens (including phenoxy) is 2. The zero-order valence-electron chi connectivity index (χ0n) is 19.8. The first-order valence-corrected chi connectivity index (χ1v) is 12.2. The van der Waals surface area contributed by atoms with Crippen molar-refractivity contribution in [2.45, 2.75) is 56.7 Å². The third-order valence-corrected chi connectivity index (χ3v) is 7.62. The second-order valence-electron chi connectivity index (χ2n) is 10.0. The molecule has 2 saturated heterocycles. The number of nitrogens with zero attached hydrogens (tertiary/aromatic N) is 2. The van der Waals surface area contributed by atoms with Crippen molar-refractivity contribution in [2.75, 3.05) is 13.1 Å². The summed E-state index contributed by atoms with van der Waals surface area (Å²) < 4.78 is 35.6. The van der Waals surface area contributed by atoms with Crippen molar-refractivity contribution >= 4 is 17.7 Å². The van der Waals surface area contributed by atoms with Gasteiger partial charge in [0.1, 0.15) is 6.04 Å². The Morgan fingerprint density at radius 1 is 1.03 bits per heavy atom. The fourth-order valence-electron chi connectivity index (χ4n) is 5.58. The molecule has 0 bridgehead atoms. The Morgan fingerprint density at radius 2 is 1.78 bits per heavy atom. The van der Waals surface area contributed by atoms with E-state index in [-0.39, 0.29) is 36.3 Å². The number of likely N-dealkylation sites (tertiary alicyclic amines) is 1. The fraction of sp³-hybridized carbons (Fsp3) is 0.423. The molecule has 0 radical (unpaired) electrons. The van der Waals surface area contributed by atoms with Gasteiger partial charge in [0.05, 0.1) is 5.60 Å². The van der Waals surface area contributed by atoms with Gasteiger partial charge in [0.25, 0.3) is 5.91 Å². The van der Waals surface area contributed by atoms with E-state index in [1.165, 1.54) is 11.0 Å². The molecule has 4 heterocycles. The van der Waals surface area contributed by atoms with E-state index in [1.54, 1.807) is 24.3 Å². The predicted octanol–water partition coefficient (Wildman–Crippen LogP) is 2.25. The molecule has 2 aromatic rings. The summed E-state index contributed by atoms with van der Waals surface area (Å²) in [5.41, 5.74) is 1.69. The van der Waals surface area contributed by atoms with Crippen LogP contribution in [0.3, 0.4) is 0 Å². The lowest BCUT2D eigenvalue weighted by Crippen LogP contribution is -2.52. The lowest BCUT2D eigenvalue weighted by molar-refractivity contribution is -0.286. The quantitative estimate of drug-likeness (QED) is 0.604. The second kappa shape index (κ2) is 8.49. The zero-order chi connectivity index (χ0) is 25.9. The van der Waals surface area contributed by atoms with Crippen LogP contribution in [0.5, 0.6) is 11.5 Å². The lowest BCUT2D eigenvalue weighted by Gasteiger charge is -2.38. The Balaban J connectivity index is 1.11. The van der Waals surface area contributed by atoms with Gasteiger partial charge in [-0.2, -0.15) is 0 Å². The summed E-state index contributed by atoms with van der Waals surface area (Å²) in [6, 6.07) is 9.35. The fourth-order valence-corrected chi connectivity index (χ4v) is 5.58. The van der Waals surface area contributed by atoms with Crippen LogP contribution in [0.1, 0.15) is 52.7 Å². The molecule has 0 aliphatic carbocycles. The van der Waals surface area contributed by atoms with Gasteiger partial charge >= 0.3 is 6.29 Å². The highest BCUT2D eigenvalue weighted by Gasteiger charge is 2.44. The Kier molecular flexibility index (Phi) is 5.46. The molecule has 194 valence electrons. The van der Waals surface area contributed by atoms with E-state index in [1.807, 2.05) is 6.07 Å². The lowest BCUT2D eigenvalue weighted by atomic mass is 9.83. The number of amides is 3. The summed E-state index contributed by atoms with van der Waals surface area (Å²) in [4.78, 5) is 40.3. The van der Waals surface area contributed by atoms with Crippen molar-refractivity contribution in [3.05, 3.63) is 58.7 Å². The molecule has 1 unspecified atom stereocenters. The molecule has 2 fully saturated rings. The Labute approximate surface area is 210 Å². The highest BCUT2D eigenvalue weighted by Crippen LogP contribution is 2.42. The summed E-state index contributed by atoms with van der Waals surface area (Å²) in [5.74, 6) is -1.02. The summed E-state index contributed by atoms with van der Waals surface area (Å²) in [7, 11) is 0. The number of hydrogen-bond donors (Lipinski definition) is 2. The van der Waals surface area contributed by atoms with Crippen molar-refractivity contribution < 1.29 is 37.7 Å². The molecule has 37 heavy (non-hydrogen) atoms. The Bertz CT molecular complexity index is 1310. The molecule has 0 spiro atoms. The number of benzene rings is 2. The minimum absolute atomic E-state index is 0.00744. The molecule has 1 atom stereocenters. The third-order valence-electron chi connectivity index (χ3n) is 7.62. The van der Waals surface area contributed by atoms with Crippen LogP contribution in [0.2, 0.25) is 0 Å². The molecule has 2 N–H and O–H groups in total. The monoisotopic (exact) mass is 513 g/mol. The zero-order valence-corrected chi connectivity index (χ0v) is 19.8. The number of alkyl halides is 2. The van der Waals surface area contributed by atoms with Crippen LogP contribution in [0.15, 0.2) is 36.4 Å². The van der Waals surface area contributed by atoms with Crippen LogP contribution in [-0.2, 0) is 28.3 Å². The number of fused-ring (bicyclic) bond motifs is 2. The average Bonchev–Trinajstić information content (AvgIpc) is 3.34. The van der Waals surface area contributed by atoms with Gasteiger partial charge in [-0.1, -0.05) is 18.2 Å². The number of nitrogens with one attached hydrogen (secondary N) is 1. The van der Waals surface area contributed by atoms with Gasteiger partial charge in [-0.05, 0) is 54.2 Å². The number of rotatable bonds is 4. The van der Waals surface area contributed by atoms with Crippen molar-refractivity contribution in [1.82, 2.24) is 15.1 Å². The van der Waals surface area contributed by atoms with Crippen LogP contribution in [0.25, 0.3) is 0 Å². The smallest absolute Gasteiger partial charge is 0.395 e. The maximum Gasteiger partial charge on any atom is 0.586 e. The van der Waals surface area contributed by atoms with Crippen molar-refractivity contribution in [2.24, 2.45) is 0 Å². The standard InChI is InChI=1S/C26H25F2N3O6/c27-26(28)36-20-5-1-15(11-21(20)37-26)13-30-9-7-25(35,8-10-30)17-2-3-18-16(12-17)14-31(24(18)34)19-4-6-22(32)29-23(19)33/h1-3,5,11-12,19,35H,4,6-10,13-14H2,(H,29,32,33). The number of halogens is 2. The summed E-state index contributed by atoms with van der Waals surface area (Å²) in [6.07, 6.45) is -2.25. The van der Waals surface area contributed by atoms with Gasteiger partial charge in [0.15, 0.2) is 11.5 Å². The van der Waals surface area contributed by atoms with E-state index in [0.717, 1.165) is 11.1 Å². The minimum Gasteiger partial charge on any atom is -0.395 e. The molecule has 11 heteroatoms. The Hall–Kier alpha value is -3.57. The maximum absolute atomic E-state index is 13.3. The average molecular weight is 513 g/mol. The topological polar surface area (TPSA) is 108 Å². The van der Waals surface area contributed by atoms with E-state index < -0.39 is 23.8 Å². The van der Waals surface area contributed by atoms with Gasteiger partial charge in [0.2, 0.25) is 11.8 Å².